The summed E-state index contributed by atoms with van der Waals surface area (Å²) in [6, 6.07) is 19.9. The van der Waals surface area contributed by atoms with Crippen LogP contribution < -0.4 is 19.5 Å². The van der Waals surface area contributed by atoms with Crippen molar-refractivity contribution in [3.63, 3.8) is 0 Å². The van der Waals surface area contributed by atoms with Gasteiger partial charge in [0.15, 0.2) is 17.6 Å². The summed E-state index contributed by atoms with van der Waals surface area (Å²) in [5, 5.41) is 4.80. The maximum Gasteiger partial charge on any atom is 0.328 e. The first kappa shape index (κ1) is 29.3. The van der Waals surface area contributed by atoms with Crippen molar-refractivity contribution in [2.75, 3.05) is 25.2 Å². The molecule has 9 heteroatoms. The Morgan fingerprint density at radius 1 is 1.02 bits per heavy atom. The third-order valence-corrected chi connectivity index (χ3v) is 7.39. The lowest BCUT2D eigenvalue weighted by atomic mass is 9.95. The van der Waals surface area contributed by atoms with Gasteiger partial charge in [0.2, 0.25) is 0 Å². The summed E-state index contributed by atoms with van der Waals surface area (Å²) in [7, 11) is 0. The van der Waals surface area contributed by atoms with E-state index in [9.17, 15) is 9.59 Å². The number of carbonyl (C=O) groups excluding carboxylic acids is 2. The molecule has 0 radical (unpaired) electrons. The first-order valence-electron chi connectivity index (χ1n) is 13.9. The van der Waals surface area contributed by atoms with Gasteiger partial charge in [0.1, 0.15) is 25.0 Å². The maximum absolute atomic E-state index is 13.7. The third kappa shape index (κ3) is 6.97. The fourth-order valence-electron chi connectivity index (χ4n) is 4.73. The fourth-order valence-corrected chi connectivity index (χ4v) is 5.21. The maximum atomic E-state index is 13.7. The molecule has 8 nitrogen and oxygen atoms in total. The number of ether oxygens (including phenoxy) is 4. The van der Waals surface area contributed by atoms with Crippen molar-refractivity contribution in [2.45, 2.75) is 38.5 Å². The predicted molar refractivity (Wildman–Crippen MR) is 165 cm³/mol. The zero-order valence-corrected chi connectivity index (χ0v) is 24.7. The molecule has 2 atom stereocenters. The lowest BCUT2D eigenvalue weighted by Crippen LogP contribution is -2.43. The standard InChI is InChI=1S/C33H34N2O6S/c1-21(2)40-33(37)29(14-15-42-3)35-32(36)26-13-12-23(38-19-24-20-39-30-10-6-7-11-31(30)41-24)16-27(26)28-18-34-17-22-8-4-5-9-25(22)28/h4-13,16-18,21,24,29H,14-15,19-20H2,1-3H3,(H,35,36)/t24?,29-/m0/s1. The van der Waals surface area contributed by atoms with E-state index in [4.69, 9.17) is 18.9 Å². The summed E-state index contributed by atoms with van der Waals surface area (Å²) < 4.78 is 23.4. The van der Waals surface area contributed by atoms with Crippen LogP contribution in [0.5, 0.6) is 17.2 Å². The second kappa shape index (κ2) is 13.6. The van der Waals surface area contributed by atoms with Gasteiger partial charge in [-0.15, -0.1) is 0 Å². The van der Waals surface area contributed by atoms with Crippen LogP contribution in [0.1, 0.15) is 30.6 Å². The van der Waals surface area contributed by atoms with Crippen molar-refractivity contribution < 1.29 is 28.5 Å². The number of nitrogens with zero attached hydrogens (tertiary/aromatic N) is 1. The molecule has 0 bridgehead atoms. The number of nitrogens with one attached hydrogen (secondary N) is 1. The van der Waals surface area contributed by atoms with E-state index >= 15 is 0 Å². The Hall–Kier alpha value is -4.24. The second-order valence-electron chi connectivity index (χ2n) is 10.2. The molecule has 2 heterocycles. The average Bonchev–Trinajstić information content (AvgIpc) is 3.01. The molecule has 1 aliphatic rings. The number of benzene rings is 3. The van der Waals surface area contributed by atoms with E-state index in [1.54, 1.807) is 50.1 Å². The molecule has 5 rings (SSSR count). The molecular weight excluding hydrogens is 552 g/mol. The molecule has 1 unspecified atom stereocenters. The predicted octanol–water partition coefficient (Wildman–Crippen LogP) is 5.92. The van der Waals surface area contributed by atoms with Crippen LogP contribution in [0, 0.1) is 0 Å². The fraction of sp³-hybridized carbons (Fsp3) is 0.303. The topological polar surface area (TPSA) is 96.0 Å². The largest absolute Gasteiger partial charge is 0.490 e. The molecule has 0 saturated carbocycles. The number of thioether (sulfide) groups is 1. The molecule has 0 aliphatic carbocycles. The molecule has 42 heavy (non-hydrogen) atoms. The van der Waals surface area contributed by atoms with E-state index in [2.05, 4.69) is 10.3 Å². The SMILES string of the molecule is CSCC[C@H](NC(=O)c1ccc(OCC2COc3ccccc3O2)cc1-c1cncc2ccccc12)C(=O)OC(C)C. The van der Waals surface area contributed by atoms with Gasteiger partial charge < -0.3 is 24.3 Å². The van der Waals surface area contributed by atoms with Crippen molar-refractivity contribution in [2.24, 2.45) is 0 Å². The minimum Gasteiger partial charge on any atom is -0.490 e. The first-order valence-corrected chi connectivity index (χ1v) is 15.3. The number of hydrogen-bond acceptors (Lipinski definition) is 8. The van der Waals surface area contributed by atoms with Gasteiger partial charge in [0.05, 0.1) is 6.10 Å². The summed E-state index contributed by atoms with van der Waals surface area (Å²) in [5.41, 5.74) is 1.82. The molecule has 4 aromatic rings. The zero-order chi connectivity index (χ0) is 29.5. The summed E-state index contributed by atoms with van der Waals surface area (Å²) in [5.74, 6) is 1.83. The van der Waals surface area contributed by atoms with Crippen LogP contribution in [-0.2, 0) is 9.53 Å². The highest BCUT2D eigenvalue weighted by Gasteiger charge is 2.26. The van der Waals surface area contributed by atoms with E-state index in [0.29, 0.717) is 47.2 Å². The Bertz CT molecular complexity index is 1550. The summed E-state index contributed by atoms with van der Waals surface area (Å²) >= 11 is 1.60. The number of aromatic nitrogens is 1. The van der Waals surface area contributed by atoms with Gasteiger partial charge in [0, 0.05) is 34.5 Å². The molecule has 0 spiro atoms. The first-order chi connectivity index (χ1) is 20.4. The third-order valence-electron chi connectivity index (χ3n) is 6.75. The van der Waals surface area contributed by atoms with Crippen LogP contribution >= 0.6 is 11.8 Å². The van der Waals surface area contributed by atoms with Crippen molar-refractivity contribution in [3.05, 3.63) is 84.7 Å². The van der Waals surface area contributed by atoms with Crippen molar-refractivity contribution >= 4 is 34.4 Å². The summed E-state index contributed by atoms with van der Waals surface area (Å²) in [6.45, 7) is 4.20. The molecule has 3 aromatic carbocycles. The molecular formula is C33H34N2O6S. The molecule has 1 aromatic heterocycles. The lowest BCUT2D eigenvalue weighted by Gasteiger charge is -2.26. The average molecular weight is 587 g/mol. The molecule has 0 fully saturated rings. The Kier molecular flexibility index (Phi) is 9.48. The lowest BCUT2D eigenvalue weighted by molar-refractivity contribution is -0.149. The van der Waals surface area contributed by atoms with Gasteiger partial charge in [-0.25, -0.2) is 4.79 Å². The van der Waals surface area contributed by atoms with Crippen LogP contribution in [-0.4, -0.2) is 60.3 Å². The van der Waals surface area contributed by atoms with Crippen molar-refractivity contribution in [3.8, 4) is 28.4 Å². The Morgan fingerprint density at radius 3 is 2.62 bits per heavy atom. The molecule has 1 N–H and O–H groups in total. The highest BCUT2D eigenvalue weighted by molar-refractivity contribution is 7.98. The van der Waals surface area contributed by atoms with Crippen LogP contribution in [0.2, 0.25) is 0 Å². The van der Waals surface area contributed by atoms with Gasteiger partial charge in [0.25, 0.3) is 5.91 Å². The zero-order valence-electron chi connectivity index (χ0n) is 23.9. The number of esters is 1. The molecule has 1 amide bonds. The van der Waals surface area contributed by atoms with Crippen LogP contribution in [0.4, 0.5) is 0 Å². The second-order valence-corrected chi connectivity index (χ2v) is 11.2. The minimum absolute atomic E-state index is 0.255. The van der Waals surface area contributed by atoms with E-state index in [0.717, 1.165) is 16.3 Å². The normalized spacial score (nSPS) is 14.8. The summed E-state index contributed by atoms with van der Waals surface area (Å²) in [6.07, 6.45) is 5.36. The van der Waals surface area contributed by atoms with Crippen LogP contribution in [0.25, 0.3) is 21.9 Å². The summed E-state index contributed by atoms with van der Waals surface area (Å²) in [4.78, 5) is 31.0. The van der Waals surface area contributed by atoms with Crippen LogP contribution in [0.3, 0.4) is 0 Å². The van der Waals surface area contributed by atoms with Gasteiger partial charge in [-0.2, -0.15) is 11.8 Å². The van der Waals surface area contributed by atoms with E-state index in [-0.39, 0.29) is 24.7 Å². The van der Waals surface area contributed by atoms with Crippen LogP contribution in [0.15, 0.2) is 79.1 Å². The highest BCUT2D eigenvalue weighted by Crippen LogP contribution is 2.34. The monoisotopic (exact) mass is 586 g/mol. The number of pyridine rings is 1. The van der Waals surface area contributed by atoms with Gasteiger partial charge in [-0.3, -0.25) is 9.78 Å². The van der Waals surface area contributed by atoms with Gasteiger partial charge in [-0.05, 0) is 68.0 Å². The number of carbonyl (C=O) groups is 2. The number of para-hydroxylation sites is 2. The quantitative estimate of drug-likeness (QED) is 0.216. The number of rotatable bonds is 11. The Labute approximate surface area is 249 Å². The molecule has 218 valence electrons. The van der Waals surface area contributed by atoms with E-state index in [1.165, 1.54) is 0 Å². The molecule has 0 saturated heterocycles. The number of amides is 1. The minimum atomic E-state index is -0.770. The van der Waals surface area contributed by atoms with Gasteiger partial charge >= 0.3 is 5.97 Å². The number of hydrogen-bond donors (Lipinski definition) is 1. The van der Waals surface area contributed by atoms with Gasteiger partial charge in [-0.1, -0.05) is 36.4 Å². The van der Waals surface area contributed by atoms with Crippen molar-refractivity contribution in [1.82, 2.24) is 10.3 Å². The smallest absolute Gasteiger partial charge is 0.328 e. The highest BCUT2D eigenvalue weighted by atomic mass is 32.2. The van der Waals surface area contributed by atoms with Crippen molar-refractivity contribution in [1.29, 1.82) is 0 Å². The Balaban J connectivity index is 1.44. The van der Waals surface area contributed by atoms with E-state index in [1.807, 2.05) is 60.9 Å². The molecule has 1 aliphatic heterocycles. The Morgan fingerprint density at radius 2 is 1.81 bits per heavy atom. The van der Waals surface area contributed by atoms with E-state index < -0.39 is 12.0 Å². The number of fused-ring (bicyclic) bond motifs is 2.